The van der Waals surface area contributed by atoms with Crippen LogP contribution < -0.4 is 10.9 Å². The number of amides is 1. The average molecular weight is 277 g/mol. The molecule has 5 nitrogen and oxygen atoms in total. The van der Waals surface area contributed by atoms with Gasteiger partial charge >= 0.3 is 0 Å². The van der Waals surface area contributed by atoms with Crippen molar-refractivity contribution in [1.82, 2.24) is 15.1 Å². The predicted octanol–water partition coefficient (Wildman–Crippen LogP) is 1.28. The number of hydrogen-bond donors (Lipinski definition) is 1. The molecule has 20 heavy (non-hydrogen) atoms. The van der Waals surface area contributed by atoms with Gasteiger partial charge in [-0.05, 0) is 37.2 Å². The van der Waals surface area contributed by atoms with E-state index in [4.69, 9.17) is 0 Å². The van der Waals surface area contributed by atoms with Gasteiger partial charge in [0, 0.05) is 19.0 Å². The molecule has 0 bridgehead atoms. The topological polar surface area (TPSA) is 64.0 Å². The standard InChI is InChI=1S/C15H23N3O2/c1-11(2)9-14(19)16-7-8-18-15(20)10-12-5-3-4-6-13(12)17-18/h10-11H,3-9H2,1-2H3,(H,16,19). The molecule has 0 atom stereocenters. The number of aryl methyl sites for hydroxylation is 2. The molecule has 1 aromatic heterocycles. The average Bonchev–Trinajstić information content (AvgIpc) is 2.38. The molecule has 1 aliphatic carbocycles. The van der Waals surface area contributed by atoms with E-state index in [1.54, 1.807) is 6.07 Å². The van der Waals surface area contributed by atoms with Gasteiger partial charge in [0.15, 0.2) is 0 Å². The van der Waals surface area contributed by atoms with Gasteiger partial charge in [0.25, 0.3) is 5.56 Å². The first kappa shape index (κ1) is 14.8. The molecule has 0 aliphatic heterocycles. The van der Waals surface area contributed by atoms with E-state index >= 15 is 0 Å². The van der Waals surface area contributed by atoms with E-state index in [0.29, 0.717) is 25.4 Å². The third kappa shape index (κ3) is 3.92. The zero-order valence-electron chi connectivity index (χ0n) is 12.3. The van der Waals surface area contributed by atoms with Crippen molar-refractivity contribution in [3.8, 4) is 0 Å². The lowest BCUT2D eigenvalue weighted by Gasteiger charge is -2.16. The van der Waals surface area contributed by atoms with Crippen molar-refractivity contribution in [3.63, 3.8) is 0 Å². The number of nitrogens with zero attached hydrogens (tertiary/aromatic N) is 2. The minimum atomic E-state index is -0.0660. The van der Waals surface area contributed by atoms with Crippen LogP contribution in [-0.2, 0) is 24.2 Å². The summed E-state index contributed by atoms with van der Waals surface area (Å²) in [7, 11) is 0. The molecule has 0 unspecified atom stereocenters. The molecule has 0 radical (unpaired) electrons. The van der Waals surface area contributed by atoms with Crippen LogP contribution in [0.25, 0.3) is 0 Å². The molecular weight excluding hydrogens is 254 g/mol. The van der Waals surface area contributed by atoms with Gasteiger partial charge < -0.3 is 5.32 Å². The first-order valence-electron chi connectivity index (χ1n) is 7.43. The Bertz CT molecular complexity index is 534. The summed E-state index contributed by atoms with van der Waals surface area (Å²) in [5, 5.41) is 7.25. The number of aromatic nitrogens is 2. The molecule has 2 rings (SSSR count). The lowest BCUT2D eigenvalue weighted by molar-refractivity contribution is -0.121. The molecule has 1 heterocycles. The van der Waals surface area contributed by atoms with Crippen molar-refractivity contribution in [2.45, 2.75) is 52.5 Å². The number of nitrogens with one attached hydrogen (secondary N) is 1. The van der Waals surface area contributed by atoms with Crippen LogP contribution in [0.2, 0.25) is 0 Å². The van der Waals surface area contributed by atoms with Crippen molar-refractivity contribution < 1.29 is 4.79 Å². The molecule has 1 N–H and O–H groups in total. The van der Waals surface area contributed by atoms with E-state index in [1.165, 1.54) is 4.68 Å². The molecule has 0 aromatic carbocycles. The fraction of sp³-hybridized carbons (Fsp3) is 0.667. The Hall–Kier alpha value is -1.65. The summed E-state index contributed by atoms with van der Waals surface area (Å²) < 4.78 is 1.47. The maximum atomic E-state index is 11.9. The highest BCUT2D eigenvalue weighted by molar-refractivity contribution is 5.75. The van der Waals surface area contributed by atoms with Crippen molar-refractivity contribution in [3.05, 3.63) is 27.7 Å². The van der Waals surface area contributed by atoms with Crippen LogP contribution in [0, 0.1) is 5.92 Å². The second-order valence-electron chi connectivity index (χ2n) is 5.83. The highest BCUT2D eigenvalue weighted by atomic mass is 16.1. The molecule has 110 valence electrons. The largest absolute Gasteiger partial charge is 0.354 e. The lowest BCUT2D eigenvalue weighted by atomic mass is 9.97. The monoisotopic (exact) mass is 277 g/mol. The summed E-state index contributed by atoms with van der Waals surface area (Å²) in [6.45, 7) is 4.91. The summed E-state index contributed by atoms with van der Waals surface area (Å²) in [6, 6.07) is 1.71. The number of hydrogen-bond acceptors (Lipinski definition) is 3. The fourth-order valence-electron chi connectivity index (χ4n) is 2.51. The van der Waals surface area contributed by atoms with Gasteiger partial charge in [-0.3, -0.25) is 9.59 Å². The molecule has 0 saturated carbocycles. The molecule has 1 aromatic rings. The zero-order valence-corrected chi connectivity index (χ0v) is 12.3. The van der Waals surface area contributed by atoms with Gasteiger partial charge in [0.05, 0.1) is 12.2 Å². The molecule has 1 aliphatic rings. The number of carbonyl (C=O) groups is 1. The Kier molecular flexibility index (Phi) is 4.93. The summed E-state index contributed by atoms with van der Waals surface area (Å²) >= 11 is 0. The van der Waals surface area contributed by atoms with Crippen LogP contribution >= 0.6 is 0 Å². The molecular formula is C15H23N3O2. The maximum Gasteiger partial charge on any atom is 0.267 e. The van der Waals surface area contributed by atoms with Crippen molar-refractivity contribution in [1.29, 1.82) is 0 Å². The van der Waals surface area contributed by atoms with Crippen LogP contribution in [0.5, 0.6) is 0 Å². The number of fused-ring (bicyclic) bond motifs is 1. The normalized spacial score (nSPS) is 14.2. The predicted molar refractivity (Wildman–Crippen MR) is 77.6 cm³/mol. The Balaban J connectivity index is 1.93. The van der Waals surface area contributed by atoms with E-state index in [2.05, 4.69) is 10.4 Å². The first-order chi connectivity index (χ1) is 9.56. The minimum Gasteiger partial charge on any atom is -0.354 e. The quantitative estimate of drug-likeness (QED) is 0.882. The van der Waals surface area contributed by atoms with Gasteiger partial charge in [-0.1, -0.05) is 13.8 Å². The SMILES string of the molecule is CC(C)CC(=O)NCCn1nc2c(cc1=O)CCCC2. The van der Waals surface area contributed by atoms with Gasteiger partial charge in [0.1, 0.15) is 0 Å². The van der Waals surface area contributed by atoms with Crippen LogP contribution in [0.1, 0.15) is 44.4 Å². The Morgan fingerprint density at radius 3 is 2.90 bits per heavy atom. The minimum absolute atomic E-state index is 0.0333. The van der Waals surface area contributed by atoms with Crippen molar-refractivity contribution >= 4 is 5.91 Å². The summed E-state index contributed by atoms with van der Waals surface area (Å²) in [5.74, 6) is 0.380. The van der Waals surface area contributed by atoms with E-state index in [-0.39, 0.29) is 11.5 Å². The van der Waals surface area contributed by atoms with Crippen LogP contribution in [-0.4, -0.2) is 22.2 Å². The Morgan fingerprint density at radius 2 is 2.15 bits per heavy atom. The van der Waals surface area contributed by atoms with E-state index in [0.717, 1.165) is 36.9 Å². The van der Waals surface area contributed by atoms with Crippen molar-refractivity contribution in [2.75, 3.05) is 6.54 Å². The highest BCUT2D eigenvalue weighted by Gasteiger charge is 2.13. The Labute approximate surface area is 119 Å². The summed E-state index contributed by atoms with van der Waals surface area (Å²) in [5.41, 5.74) is 2.08. The van der Waals surface area contributed by atoms with Crippen LogP contribution in [0.4, 0.5) is 0 Å². The van der Waals surface area contributed by atoms with E-state index < -0.39 is 0 Å². The summed E-state index contributed by atoms with van der Waals surface area (Å²) in [4.78, 5) is 23.5. The third-order valence-corrected chi connectivity index (χ3v) is 3.51. The second-order valence-corrected chi connectivity index (χ2v) is 5.83. The maximum absolute atomic E-state index is 11.9. The van der Waals surface area contributed by atoms with Gasteiger partial charge in [-0.2, -0.15) is 5.10 Å². The lowest BCUT2D eigenvalue weighted by Crippen LogP contribution is -2.33. The van der Waals surface area contributed by atoms with Gasteiger partial charge in [-0.15, -0.1) is 0 Å². The molecule has 0 saturated heterocycles. The van der Waals surface area contributed by atoms with Crippen LogP contribution in [0.15, 0.2) is 10.9 Å². The highest BCUT2D eigenvalue weighted by Crippen LogP contribution is 2.16. The fourth-order valence-corrected chi connectivity index (χ4v) is 2.51. The summed E-state index contributed by atoms with van der Waals surface area (Å²) in [6.07, 6.45) is 4.72. The third-order valence-electron chi connectivity index (χ3n) is 3.51. The molecule has 5 heteroatoms. The van der Waals surface area contributed by atoms with Crippen LogP contribution in [0.3, 0.4) is 0 Å². The van der Waals surface area contributed by atoms with Gasteiger partial charge in [0.2, 0.25) is 5.91 Å². The zero-order chi connectivity index (χ0) is 14.5. The number of carbonyl (C=O) groups excluding carboxylic acids is 1. The van der Waals surface area contributed by atoms with E-state index in [9.17, 15) is 9.59 Å². The van der Waals surface area contributed by atoms with Crippen molar-refractivity contribution in [2.24, 2.45) is 5.92 Å². The molecule has 0 spiro atoms. The molecule has 0 fully saturated rings. The smallest absolute Gasteiger partial charge is 0.267 e. The Morgan fingerprint density at radius 1 is 1.40 bits per heavy atom. The second kappa shape index (κ2) is 6.68. The van der Waals surface area contributed by atoms with Gasteiger partial charge in [-0.25, -0.2) is 4.68 Å². The van der Waals surface area contributed by atoms with E-state index in [1.807, 2.05) is 13.8 Å². The molecule has 1 amide bonds. The number of rotatable bonds is 5. The first-order valence-corrected chi connectivity index (χ1v) is 7.43.